The van der Waals surface area contributed by atoms with Gasteiger partial charge in [0.15, 0.2) is 0 Å². The normalized spacial score (nSPS) is 13.2. The van der Waals surface area contributed by atoms with Crippen LogP contribution in [-0.2, 0) is 24.8 Å². The molecule has 1 heterocycles. The smallest absolute Gasteiger partial charge is 0.146 e. The molecule has 0 aliphatic rings. The Balaban J connectivity index is 2.89. The van der Waals surface area contributed by atoms with Gasteiger partial charge in [-0.3, -0.25) is 4.99 Å². The molecule has 6 nitrogen and oxygen atoms in total. The van der Waals surface area contributed by atoms with Gasteiger partial charge in [-0.25, -0.2) is 4.98 Å². The van der Waals surface area contributed by atoms with Gasteiger partial charge in [0.2, 0.25) is 0 Å². The minimum Gasteiger partial charge on any atom is -0.512 e. The van der Waals surface area contributed by atoms with Crippen LogP contribution < -0.4 is 5.73 Å². The molecule has 3 N–H and O–H groups in total. The van der Waals surface area contributed by atoms with Crippen LogP contribution in [0.5, 0.6) is 0 Å². The number of ether oxygens (including phenoxy) is 1. The number of hydrogen-bond acceptors (Lipinski definition) is 4. The van der Waals surface area contributed by atoms with Gasteiger partial charge in [-0.05, 0) is 26.3 Å². The first-order valence-electron chi connectivity index (χ1n) is 7.96. The number of aliphatic hydroxyl groups is 1. The Kier molecular flexibility index (Phi) is 8.11. The molecule has 0 aliphatic carbocycles. The molecule has 1 aromatic heterocycles. The first kappa shape index (κ1) is 19.0. The van der Waals surface area contributed by atoms with Crippen LogP contribution in [0.3, 0.4) is 0 Å². The predicted octanol–water partition coefficient (Wildman–Crippen LogP) is 2.63. The highest BCUT2D eigenvalue weighted by atomic mass is 16.5. The van der Waals surface area contributed by atoms with E-state index in [1.54, 1.807) is 6.08 Å². The summed E-state index contributed by atoms with van der Waals surface area (Å²) in [6, 6.07) is 0. The molecule has 1 aromatic rings. The summed E-state index contributed by atoms with van der Waals surface area (Å²) in [4.78, 5) is 8.86. The maximum Gasteiger partial charge on any atom is 0.146 e. The van der Waals surface area contributed by atoms with Gasteiger partial charge in [0.05, 0.1) is 12.3 Å². The van der Waals surface area contributed by atoms with Crippen molar-refractivity contribution in [1.82, 2.24) is 9.55 Å². The summed E-state index contributed by atoms with van der Waals surface area (Å²) in [6.07, 6.45) is 6.75. The Morgan fingerprint density at radius 2 is 2.17 bits per heavy atom. The number of amidine groups is 1. The molecule has 6 heteroatoms. The minimum absolute atomic E-state index is 0.286. The molecule has 128 valence electrons. The van der Waals surface area contributed by atoms with Crippen LogP contribution in [0.1, 0.15) is 44.4 Å². The zero-order valence-corrected chi connectivity index (χ0v) is 14.5. The monoisotopic (exact) mass is 320 g/mol. The Hall–Kier alpha value is -2.08. The first-order chi connectivity index (χ1) is 11.0. The second-order valence-corrected chi connectivity index (χ2v) is 5.07. The highest BCUT2D eigenvalue weighted by Gasteiger charge is 2.15. The lowest BCUT2D eigenvalue weighted by molar-refractivity contribution is 0.126. The van der Waals surface area contributed by atoms with Crippen molar-refractivity contribution in [1.29, 1.82) is 0 Å². The summed E-state index contributed by atoms with van der Waals surface area (Å²) in [7, 11) is 1.96. The molecule has 0 saturated carbocycles. The summed E-state index contributed by atoms with van der Waals surface area (Å²) >= 11 is 0. The number of nitrogens with zero attached hydrogens (tertiary/aromatic N) is 3. The summed E-state index contributed by atoms with van der Waals surface area (Å²) in [5.74, 6) is 1.51. The SMILES string of the molecule is C/C=C\C/C(O)=C\C/N=C(/N)c1nc(COCC)n(C)c1CC. The van der Waals surface area contributed by atoms with E-state index >= 15 is 0 Å². The van der Waals surface area contributed by atoms with E-state index in [0.29, 0.717) is 37.7 Å². The van der Waals surface area contributed by atoms with Crippen LogP contribution in [-0.4, -0.2) is 33.6 Å². The summed E-state index contributed by atoms with van der Waals surface area (Å²) in [6.45, 7) is 7.35. The summed E-state index contributed by atoms with van der Waals surface area (Å²) in [5, 5.41) is 9.67. The number of rotatable bonds is 9. The van der Waals surface area contributed by atoms with Gasteiger partial charge in [0.25, 0.3) is 0 Å². The third kappa shape index (κ3) is 5.56. The topological polar surface area (TPSA) is 85.7 Å². The van der Waals surface area contributed by atoms with E-state index in [1.165, 1.54) is 0 Å². The van der Waals surface area contributed by atoms with Gasteiger partial charge in [0, 0.05) is 25.8 Å². The average Bonchev–Trinajstić information content (AvgIpc) is 2.86. The quantitative estimate of drug-likeness (QED) is 0.317. The molecule has 0 radical (unpaired) electrons. The third-order valence-electron chi connectivity index (χ3n) is 3.47. The van der Waals surface area contributed by atoms with E-state index in [-0.39, 0.29) is 5.76 Å². The van der Waals surface area contributed by atoms with E-state index < -0.39 is 0 Å². The number of hydrogen-bond donors (Lipinski definition) is 2. The molecule has 0 fully saturated rings. The molecule has 1 rings (SSSR count). The van der Waals surface area contributed by atoms with Crippen LogP contribution in [0.2, 0.25) is 0 Å². The van der Waals surface area contributed by atoms with E-state index in [1.807, 2.05) is 37.6 Å². The van der Waals surface area contributed by atoms with E-state index in [0.717, 1.165) is 17.9 Å². The van der Waals surface area contributed by atoms with E-state index in [4.69, 9.17) is 10.5 Å². The van der Waals surface area contributed by atoms with Gasteiger partial charge in [-0.1, -0.05) is 19.1 Å². The largest absolute Gasteiger partial charge is 0.512 e. The van der Waals surface area contributed by atoms with E-state index in [9.17, 15) is 5.11 Å². The molecule has 0 atom stereocenters. The van der Waals surface area contributed by atoms with Crippen LogP contribution in [0.4, 0.5) is 0 Å². The number of aliphatic imine (C=N–C) groups is 1. The zero-order valence-electron chi connectivity index (χ0n) is 14.5. The fourth-order valence-corrected chi connectivity index (χ4v) is 2.16. The lowest BCUT2D eigenvalue weighted by Gasteiger charge is -2.04. The van der Waals surface area contributed by atoms with Gasteiger partial charge in [-0.2, -0.15) is 0 Å². The molecule has 0 aromatic carbocycles. The van der Waals surface area contributed by atoms with Crippen molar-refractivity contribution in [3.63, 3.8) is 0 Å². The Bertz CT molecular complexity index is 586. The molecule has 23 heavy (non-hydrogen) atoms. The lowest BCUT2D eigenvalue weighted by atomic mass is 10.2. The fourth-order valence-electron chi connectivity index (χ4n) is 2.16. The maximum absolute atomic E-state index is 9.67. The fraction of sp³-hybridized carbons (Fsp3) is 0.529. The Labute approximate surface area is 138 Å². The number of aliphatic hydroxyl groups excluding tert-OH is 1. The van der Waals surface area contributed by atoms with Crippen LogP contribution in [0, 0.1) is 0 Å². The Morgan fingerprint density at radius 1 is 1.43 bits per heavy atom. The number of imidazole rings is 1. The van der Waals surface area contributed by atoms with E-state index in [2.05, 4.69) is 16.9 Å². The predicted molar refractivity (Wildman–Crippen MR) is 93.7 cm³/mol. The van der Waals surface area contributed by atoms with Crippen molar-refractivity contribution in [2.45, 2.75) is 40.2 Å². The minimum atomic E-state index is 0.286. The van der Waals surface area contributed by atoms with Crippen LogP contribution in [0.25, 0.3) is 0 Å². The molecule has 0 spiro atoms. The Morgan fingerprint density at radius 3 is 2.78 bits per heavy atom. The van der Waals surface area contributed by atoms with Crippen molar-refractivity contribution in [3.05, 3.63) is 41.2 Å². The van der Waals surface area contributed by atoms with Gasteiger partial charge >= 0.3 is 0 Å². The highest BCUT2D eigenvalue weighted by Crippen LogP contribution is 2.12. The maximum atomic E-state index is 9.67. The average molecular weight is 320 g/mol. The second-order valence-electron chi connectivity index (χ2n) is 5.07. The van der Waals surface area contributed by atoms with Gasteiger partial charge < -0.3 is 20.1 Å². The second kappa shape index (κ2) is 9.84. The lowest BCUT2D eigenvalue weighted by Crippen LogP contribution is -2.17. The zero-order chi connectivity index (χ0) is 17.2. The van der Waals surface area contributed by atoms with Crippen molar-refractivity contribution in [2.24, 2.45) is 17.8 Å². The summed E-state index contributed by atoms with van der Waals surface area (Å²) in [5.41, 5.74) is 7.81. The van der Waals surface area contributed by atoms with Crippen molar-refractivity contribution < 1.29 is 9.84 Å². The van der Waals surface area contributed by atoms with Crippen molar-refractivity contribution in [3.8, 4) is 0 Å². The molecule has 0 saturated heterocycles. The number of nitrogens with two attached hydrogens (primary N) is 1. The van der Waals surface area contributed by atoms with Gasteiger partial charge in [-0.15, -0.1) is 0 Å². The van der Waals surface area contributed by atoms with Gasteiger partial charge in [0.1, 0.15) is 24.0 Å². The first-order valence-corrected chi connectivity index (χ1v) is 7.96. The molecular formula is C17H28N4O2. The molecule has 0 amide bonds. The van der Waals surface area contributed by atoms with Crippen LogP contribution in [0.15, 0.2) is 29.0 Å². The highest BCUT2D eigenvalue weighted by molar-refractivity contribution is 5.96. The van der Waals surface area contributed by atoms with Crippen molar-refractivity contribution >= 4 is 5.84 Å². The molecule has 0 unspecified atom stereocenters. The molecule has 0 aliphatic heterocycles. The standard InChI is InChI=1S/C17H28N4O2/c1-5-8-9-13(22)10-11-19-17(18)16-14(6-2)21(4)15(20-16)12-23-7-3/h5,8,10,22H,6-7,9,11-12H2,1-4H3,(H2,18,19)/b8-5-,13-10+. The molecule has 0 bridgehead atoms. The third-order valence-corrected chi connectivity index (χ3v) is 3.47. The number of aromatic nitrogens is 2. The molecular weight excluding hydrogens is 292 g/mol. The number of allylic oxidation sites excluding steroid dienone is 2. The van der Waals surface area contributed by atoms with Crippen LogP contribution >= 0.6 is 0 Å². The van der Waals surface area contributed by atoms with Crippen molar-refractivity contribution in [2.75, 3.05) is 13.2 Å². The summed E-state index contributed by atoms with van der Waals surface area (Å²) < 4.78 is 7.44.